The van der Waals surface area contributed by atoms with Gasteiger partial charge >= 0.3 is 0 Å². The monoisotopic (exact) mass is 417 g/mol. The number of Topliss-reactive ketones (excluding diaryl/α,β-unsaturated/α-hetero) is 1. The van der Waals surface area contributed by atoms with E-state index in [1.165, 1.54) is 38.5 Å². The van der Waals surface area contributed by atoms with Gasteiger partial charge in [-0.05, 0) is 137 Å². The molecule has 164 valence electrons. The van der Waals surface area contributed by atoms with Crippen molar-refractivity contribution in [3.63, 3.8) is 0 Å². The Morgan fingerprint density at radius 2 is 1.00 bits per heavy atom. The van der Waals surface area contributed by atoms with Crippen LogP contribution < -0.4 is 5.32 Å². The first-order valence-electron chi connectivity index (χ1n) is 12.9. The van der Waals surface area contributed by atoms with Gasteiger partial charge in [-0.1, -0.05) is 0 Å². The van der Waals surface area contributed by atoms with Gasteiger partial charge in [-0.25, -0.2) is 0 Å². The van der Waals surface area contributed by atoms with E-state index in [9.17, 15) is 9.59 Å². The van der Waals surface area contributed by atoms with Crippen LogP contribution in [0.2, 0.25) is 0 Å². The van der Waals surface area contributed by atoms with Crippen LogP contribution in [0.25, 0.3) is 0 Å². The quantitative estimate of drug-likeness (QED) is 0.589. The fourth-order valence-electron chi connectivity index (χ4n) is 10.1. The zero-order valence-corrected chi connectivity index (χ0v) is 18.6. The summed E-state index contributed by atoms with van der Waals surface area (Å²) < 4.78 is 0. The summed E-state index contributed by atoms with van der Waals surface area (Å²) in [5.74, 6) is 5.31. The minimum absolute atomic E-state index is 0.0846. The number of anilines is 1. The summed E-state index contributed by atoms with van der Waals surface area (Å²) in [6.45, 7) is 0. The molecule has 0 saturated heterocycles. The molecule has 0 aromatic heterocycles. The fraction of sp³-hybridized carbons (Fsp3) is 0.714. The van der Waals surface area contributed by atoms with Crippen LogP contribution in [0.5, 0.6) is 0 Å². The highest BCUT2D eigenvalue weighted by molar-refractivity contribution is 6.02. The van der Waals surface area contributed by atoms with E-state index in [1.807, 2.05) is 24.3 Å². The molecule has 0 unspecified atom stereocenters. The standard InChI is InChI=1S/C28H35NO2/c30-25(27-11-17-5-18(12-27)7-19(6-17)13-27)23-1-3-24(4-2-23)29-26(31)28-14-20-8-21(15-28)10-22(9-20)16-28/h1-4,17-22H,5-16H2,(H,29,31). The number of carbonyl (C=O) groups is 2. The number of rotatable bonds is 4. The molecular weight excluding hydrogens is 382 g/mol. The highest BCUT2D eigenvalue weighted by Crippen LogP contribution is 2.62. The Labute approximate surface area is 185 Å². The van der Waals surface area contributed by atoms with E-state index < -0.39 is 0 Å². The van der Waals surface area contributed by atoms with E-state index in [4.69, 9.17) is 0 Å². The first kappa shape index (κ1) is 18.9. The van der Waals surface area contributed by atoms with Gasteiger partial charge in [0.05, 0.1) is 5.41 Å². The van der Waals surface area contributed by atoms with Gasteiger partial charge < -0.3 is 5.32 Å². The maximum absolute atomic E-state index is 13.6. The normalized spacial score (nSPS) is 46.3. The van der Waals surface area contributed by atoms with Gasteiger partial charge in [0, 0.05) is 16.7 Å². The molecule has 8 bridgehead atoms. The molecule has 1 amide bonds. The molecule has 9 rings (SSSR count). The summed E-state index contributed by atoms with van der Waals surface area (Å²) in [4.78, 5) is 26.9. The van der Waals surface area contributed by atoms with Gasteiger partial charge in [-0.15, -0.1) is 0 Å². The van der Waals surface area contributed by atoms with Crippen molar-refractivity contribution < 1.29 is 9.59 Å². The van der Waals surface area contributed by atoms with E-state index >= 15 is 0 Å². The van der Waals surface area contributed by atoms with Crippen molar-refractivity contribution in [3.8, 4) is 0 Å². The molecule has 8 saturated carbocycles. The number of ketones is 1. The Morgan fingerprint density at radius 3 is 1.42 bits per heavy atom. The third-order valence-electron chi connectivity index (χ3n) is 10.4. The molecule has 1 aromatic rings. The SMILES string of the molecule is O=C(Nc1ccc(C(=O)C23CC4CC(CC(C4)C2)C3)cc1)C12CC3CC(CC(C3)C1)C2. The lowest BCUT2D eigenvalue weighted by Gasteiger charge is -2.56. The van der Waals surface area contributed by atoms with E-state index in [2.05, 4.69) is 5.32 Å². The molecule has 31 heavy (non-hydrogen) atoms. The van der Waals surface area contributed by atoms with Crippen molar-refractivity contribution in [1.29, 1.82) is 0 Å². The average Bonchev–Trinajstić information content (AvgIpc) is 2.72. The summed E-state index contributed by atoms with van der Waals surface area (Å²) in [6, 6.07) is 7.92. The maximum Gasteiger partial charge on any atom is 0.230 e. The van der Waals surface area contributed by atoms with Crippen LogP contribution in [0.4, 0.5) is 5.69 Å². The van der Waals surface area contributed by atoms with Crippen LogP contribution in [0.3, 0.4) is 0 Å². The van der Waals surface area contributed by atoms with Crippen molar-refractivity contribution >= 4 is 17.4 Å². The summed E-state index contributed by atoms with van der Waals surface area (Å²) >= 11 is 0. The molecule has 0 spiro atoms. The summed E-state index contributed by atoms with van der Waals surface area (Å²) in [7, 11) is 0. The molecule has 3 heteroatoms. The molecular formula is C28H35NO2. The van der Waals surface area contributed by atoms with Crippen molar-refractivity contribution in [2.75, 3.05) is 5.32 Å². The second kappa shape index (κ2) is 6.45. The van der Waals surface area contributed by atoms with Crippen molar-refractivity contribution in [3.05, 3.63) is 29.8 Å². The number of carbonyl (C=O) groups excluding carboxylic acids is 2. The molecule has 8 aliphatic carbocycles. The van der Waals surface area contributed by atoms with Crippen molar-refractivity contribution in [1.82, 2.24) is 0 Å². The number of hydrogen-bond acceptors (Lipinski definition) is 2. The van der Waals surface area contributed by atoms with Crippen molar-refractivity contribution in [2.24, 2.45) is 46.3 Å². The number of hydrogen-bond donors (Lipinski definition) is 1. The van der Waals surface area contributed by atoms with E-state index in [0.29, 0.717) is 5.78 Å². The Hall–Kier alpha value is -1.64. The summed E-state index contributed by atoms with van der Waals surface area (Å²) in [5, 5.41) is 3.25. The van der Waals surface area contributed by atoms with E-state index in [-0.39, 0.29) is 16.7 Å². The smallest absolute Gasteiger partial charge is 0.230 e. The molecule has 1 N–H and O–H groups in total. The Kier molecular flexibility index (Phi) is 3.93. The van der Waals surface area contributed by atoms with Crippen LogP contribution in [0, 0.1) is 46.3 Å². The lowest BCUT2D eigenvalue weighted by Crippen LogP contribution is -2.51. The highest BCUT2D eigenvalue weighted by Gasteiger charge is 2.55. The maximum atomic E-state index is 13.6. The van der Waals surface area contributed by atoms with Gasteiger partial charge in [0.25, 0.3) is 0 Å². The first-order chi connectivity index (χ1) is 15.0. The Bertz CT molecular complexity index is 858. The predicted octanol–water partition coefficient (Wildman–Crippen LogP) is 6.24. The van der Waals surface area contributed by atoms with E-state index in [0.717, 1.165) is 85.3 Å². The number of nitrogens with one attached hydrogen (secondary N) is 1. The third kappa shape index (κ3) is 2.91. The zero-order chi connectivity index (χ0) is 20.8. The molecule has 8 aliphatic rings. The Morgan fingerprint density at radius 1 is 0.613 bits per heavy atom. The van der Waals surface area contributed by atoms with Gasteiger partial charge in [-0.3, -0.25) is 9.59 Å². The van der Waals surface area contributed by atoms with Crippen LogP contribution >= 0.6 is 0 Å². The van der Waals surface area contributed by atoms with Crippen LogP contribution in [0.1, 0.15) is 87.4 Å². The van der Waals surface area contributed by atoms with Crippen LogP contribution in [-0.4, -0.2) is 11.7 Å². The Balaban J connectivity index is 1.07. The minimum Gasteiger partial charge on any atom is -0.326 e. The lowest BCUT2D eigenvalue weighted by atomic mass is 9.48. The molecule has 0 aliphatic heterocycles. The van der Waals surface area contributed by atoms with E-state index in [1.54, 1.807) is 0 Å². The molecule has 3 nitrogen and oxygen atoms in total. The van der Waals surface area contributed by atoms with Gasteiger partial charge in [0.15, 0.2) is 5.78 Å². The number of benzene rings is 1. The molecule has 1 aromatic carbocycles. The highest BCUT2D eigenvalue weighted by atomic mass is 16.2. The second-order valence-corrected chi connectivity index (χ2v) is 12.8. The third-order valence-corrected chi connectivity index (χ3v) is 10.4. The molecule has 0 heterocycles. The van der Waals surface area contributed by atoms with Crippen LogP contribution in [-0.2, 0) is 4.79 Å². The predicted molar refractivity (Wildman–Crippen MR) is 121 cm³/mol. The van der Waals surface area contributed by atoms with Gasteiger partial charge in [0.1, 0.15) is 0 Å². The minimum atomic E-state index is -0.123. The largest absolute Gasteiger partial charge is 0.326 e. The molecule has 0 radical (unpaired) electrons. The average molecular weight is 418 g/mol. The lowest BCUT2D eigenvalue weighted by molar-refractivity contribution is -0.140. The topological polar surface area (TPSA) is 46.2 Å². The summed E-state index contributed by atoms with van der Waals surface area (Å²) in [5.41, 5.74) is 1.51. The van der Waals surface area contributed by atoms with Gasteiger partial charge in [0.2, 0.25) is 5.91 Å². The zero-order valence-electron chi connectivity index (χ0n) is 18.6. The van der Waals surface area contributed by atoms with Gasteiger partial charge in [-0.2, -0.15) is 0 Å². The molecule has 8 fully saturated rings. The number of amides is 1. The fourth-order valence-corrected chi connectivity index (χ4v) is 10.1. The van der Waals surface area contributed by atoms with Crippen molar-refractivity contribution in [2.45, 2.75) is 77.0 Å². The molecule has 0 atom stereocenters. The second-order valence-electron chi connectivity index (χ2n) is 12.8. The summed E-state index contributed by atoms with van der Waals surface area (Å²) in [6.07, 6.45) is 14.8. The van der Waals surface area contributed by atoms with Crippen LogP contribution in [0.15, 0.2) is 24.3 Å². The first-order valence-corrected chi connectivity index (χ1v) is 12.9.